The second-order valence-corrected chi connectivity index (χ2v) is 1.77. The van der Waals surface area contributed by atoms with Crippen LogP contribution in [0.4, 0.5) is 0 Å². The fourth-order valence-electron chi connectivity index (χ4n) is 0.605. The zero-order valence-corrected chi connectivity index (χ0v) is 5.11. The second-order valence-electron chi connectivity index (χ2n) is 1.77. The summed E-state index contributed by atoms with van der Waals surface area (Å²) in [5.41, 5.74) is 0. The van der Waals surface area contributed by atoms with Gasteiger partial charge in [-0.2, -0.15) is 5.90 Å². The molecular weight excluding hydrogens is 134 g/mol. The Kier molecular flexibility index (Phi) is 1.64. The van der Waals surface area contributed by atoms with E-state index >= 15 is 0 Å². The average molecular weight is 141 g/mol. The normalized spacial score (nSPS) is 9.30. The average Bonchev–Trinajstić information content (AvgIpc) is 1.88. The molecule has 4 nitrogen and oxygen atoms in total. The Morgan fingerprint density at radius 1 is 1.30 bits per heavy atom. The van der Waals surface area contributed by atoms with E-state index in [9.17, 15) is 0 Å². The van der Waals surface area contributed by atoms with E-state index in [1.807, 2.05) is 0 Å². The van der Waals surface area contributed by atoms with Crippen LogP contribution in [-0.2, 0) is 0 Å². The quantitative estimate of drug-likeness (QED) is 0.493. The Hall–Kier alpha value is -1.42. The molecule has 0 saturated heterocycles. The van der Waals surface area contributed by atoms with E-state index < -0.39 is 0 Å². The number of phenols is 2. The number of hydrogen-bond acceptors (Lipinski definition) is 4. The third kappa shape index (κ3) is 1.11. The molecule has 0 fully saturated rings. The summed E-state index contributed by atoms with van der Waals surface area (Å²) in [6.07, 6.45) is 0. The van der Waals surface area contributed by atoms with Gasteiger partial charge in [0.1, 0.15) is 5.75 Å². The predicted octanol–water partition coefficient (Wildman–Crippen LogP) is 0.350. The molecule has 54 valence electrons. The molecule has 0 saturated carbocycles. The molecule has 0 radical (unpaired) electrons. The molecule has 0 atom stereocenters. The molecule has 0 amide bonds. The number of rotatable bonds is 1. The number of phenolic OH excluding ortho intramolecular Hbond substituents is 2. The maximum absolute atomic E-state index is 8.93. The van der Waals surface area contributed by atoms with Crippen LogP contribution in [0.1, 0.15) is 0 Å². The van der Waals surface area contributed by atoms with Crippen molar-refractivity contribution in [1.82, 2.24) is 0 Å². The first kappa shape index (κ1) is 6.70. The van der Waals surface area contributed by atoms with E-state index in [1.54, 1.807) is 0 Å². The summed E-state index contributed by atoms with van der Waals surface area (Å²) < 4.78 is 0. The molecule has 0 bridgehead atoms. The van der Waals surface area contributed by atoms with Crippen molar-refractivity contribution in [2.45, 2.75) is 0 Å². The Balaban J connectivity index is 3.07. The van der Waals surface area contributed by atoms with Gasteiger partial charge in [-0.15, -0.1) is 0 Å². The van der Waals surface area contributed by atoms with E-state index in [4.69, 9.17) is 16.1 Å². The Morgan fingerprint density at radius 3 is 2.50 bits per heavy atom. The van der Waals surface area contributed by atoms with Crippen molar-refractivity contribution in [2.75, 3.05) is 0 Å². The summed E-state index contributed by atoms with van der Waals surface area (Å²) in [7, 11) is 0. The first-order valence-electron chi connectivity index (χ1n) is 2.63. The van der Waals surface area contributed by atoms with Crippen LogP contribution in [0.3, 0.4) is 0 Å². The molecular formula is C6H7NO3. The topological polar surface area (TPSA) is 75.7 Å². The summed E-state index contributed by atoms with van der Waals surface area (Å²) in [6.45, 7) is 0. The lowest BCUT2D eigenvalue weighted by Crippen LogP contribution is -2.01. The standard InChI is InChI=1S/C6H7NO3/c7-10-6-2-1-4(8)3-5(6)9/h1-3,8-9H,7H2. The zero-order valence-electron chi connectivity index (χ0n) is 5.11. The number of hydrogen-bond donors (Lipinski definition) is 3. The highest BCUT2D eigenvalue weighted by Gasteiger charge is 2.00. The maximum Gasteiger partial charge on any atom is 0.188 e. The largest absolute Gasteiger partial charge is 0.508 e. The predicted molar refractivity (Wildman–Crippen MR) is 34.6 cm³/mol. The molecule has 1 rings (SSSR count). The molecule has 0 heterocycles. The van der Waals surface area contributed by atoms with Crippen LogP contribution in [0, 0.1) is 0 Å². The molecule has 0 aliphatic heterocycles. The van der Waals surface area contributed by atoms with Crippen LogP contribution >= 0.6 is 0 Å². The van der Waals surface area contributed by atoms with Gasteiger partial charge in [0.2, 0.25) is 0 Å². The van der Waals surface area contributed by atoms with Crippen LogP contribution in [0.2, 0.25) is 0 Å². The second kappa shape index (κ2) is 2.45. The maximum atomic E-state index is 8.93. The molecule has 1 aromatic carbocycles. The lowest BCUT2D eigenvalue weighted by Gasteiger charge is -2.00. The van der Waals surface area contributed by atoms with Crippen molar-refractivity contribution < 1.29 is 15.1 Å². The Morgan fingerprint density at radius 2 is 2.00 bits per heavy atom. The monoisotopic (exact) mass is 141 g/mol. The SMILES string of the molecule is NOc1ccc(O)cc1O. The molecule has 0 spiro atoms. The highest BCUT2D eigenvalue weighted by molar-refractivity contribution is 5.43. The fourth-order valence-corrected chi connectivity index (χ4v) is 0.605. The highest BCUT2D eigenvalue weighted by Crippen LogP contribution is 2.28. The van der Waals surface area contributed by atoms with Gasteiger partial charge < -0.3 is 15.1 Å². The smallest absolute Gasteiger partial charge is 0.188 e. The minimum atomic E-state index is -0.178. The minimum Gasteiger partial charge on any atom is -0.508 e. The van der Waals surface area contributed by atoms with Crippen LogP contribution in [-0.4, -0.2) is 10.2 Å². The Bertz CT molecular complexity index is 236. The van der Waals surface area contributed by atoms with E-state index in [0.717, 1.165) is 6.07 Å². The van der Waals surface area contributed by atoms with Gasteiger partial charge in [-0.25, -0.2) is 0 Å². The van der Waals surface area contributed by atoms with Crippen LogP contribution in [0.25, 0.3) is 0 Å². The number of aromatic hydroxyl groups is 2. The highest BCUT2D eigenvalue weighted by atomic mass is 16.6. The van der Waals surface area contributed by atoms with Crippen molar-refractivity contribution in [3.8, 4) is 17.2 Å². The fraction of sp³-hybridized carbons (Fsp3) is 0. The van der Waals surface area contributed by atoms with Gasteiger partial charge in [-0.3, -0.25) is 0 Å². The van der Waals surface area contributed by atoms with E-state index in [-0.39, 0.29) is 17.2 Å². The van der Waals surface area contributed by atoms with E-state index in [0.29, 0.717) is 0 Å². The lowest BCUT2D eigenvalue weighted by atomic mass is 10.3. The summed E-state index contributed by atoms with van der Waals surface area (Å²) >= 11 is 0. The van der Waals surface area contributed by atoms with Crippen molar-refractivity contribution in [3.05, 3.63) is 18.2 Å². The van der Waals surface area contributed by atoms with E-state index in [1.165, 1.54) is 12.1 Å². The molecule has 0 aliphatic rings. The van der Waals surface area contributed by atoms with Gasteiger partial charge in [0.25, 0.3) is 0 Å². The Labute approximate surface area is 57.4 Å². The summed E-state index contributed by atoms with van der Waals surface area (Å²) in [5, 5.41) is 17.7. The van der Waals surface area contributed by atoms with Crippen molar-refractivity contribution in [2.24, 2.45) is 5.90 Å². The molecule has 4 N–H and O–H groups in total. The van der Waals surface area contributed by atoms with Gasteiger partial charge in [0.15, 0.2) is 11.5 Å². The molecule has 0 aromatic heterocycles. The number of nitrogens with two attached hydrogens (primary N) is 1. The minimum absolute atomic E-state index is 0.0294. The summed E-state index contributed by atoms with van der Waals surface area (Å²) in [4.78, 5) is 4.24. The molecule has 0 unspecified atom stereocenters. The lowest BCUT2D eigenvalue weighted by molar-refractivity contribution is 0.311. The zero-order chi connectivity index (χ0) is 7.56. The summed E-state index contributed by atoms with van der Waals surface area (Å²) in [5.74, 6) is 4.69. The van der Waals surface area contributed by atoms with E-state index in [2.05, 4.69) is 4.84 Å². The van der Waals surface area contributed by atoms with Gasteiger partial charge in [0, 0.05) is 6.07 Å². The molecule has 0 aliphatic carbocycles. The first-order chi connectivity index (χ1) is 4.74. The third-order valence-electron chi connectivity index (χ3n) is 1.07. The molecule has 4 heteroatoms. The van der Waals surface area contributed by atoms with Crippen LogP contribution in [0.15, 0.2) is 18.2 Å². The third-order valence-corrected chi connectivity index (χ3v) is 1.07. The number of benzene rings is 1. The van der Waals surface area contributed by atoms with Gasteiger partial charge >= 0.3 is 0 Å². The summed E-state index contributed by atoms with van der Waals surface area (Å²) in [6, 6.07) is 3.87. The van der Waals surface area contributed by atoms with Crippen LogP contribution in [0.5, 0.6) is 17.2 Å². The molecule has 10 heavy (non-hydrogen) atoms. The van der Waals surface area contributed by atoms with Gasteiger partial charge in [0.05, 0.1) is 0 Å². The first-order valence-corrected chi connectivity index (χ1v) is 2.63. The van der Waals surface area contributed by atoms with Crippen molar-refractivity contribution in [3.63, 3.8) is 0 Å². The van der Waals surface area contributed by atoms with Gasteiger partial charge in [-0.05, 0) is 12.1 Å². The van der Waals surface area contributed by atoms with Crippen LogP contribution < -0.4 is 10.7 Å². The van der Waals surface area contributed by atoms with Crippen molar-refractivity contribution in [1.29, 1.82) is 0 Å². The van der Waals surface area contributed by atoms with Crippen molar-refractivity contribution >= 4 is 0 Å². The van der Waals surface area contributed by atoms with Gasteiger partial charge in [-0.1, -0.05) is 0 Å². The molecule has 1 aromatic rings.